The Morgan fingerprint density at radius 2 is 2.24 bits per heavy atom. The van der Waals surface area contributed by atoms with E-state index in [-0.39, 0.29) is 6.04 Å². The van der Waals surface area contributed by atoms with Crippen LogP contribution >= 0.6 is 11.6 Å². The summed E-state index contributed by atoms with van der Waals surface area (Å²) in [5.41, 5.74) is 0. The monoisotopic (exact) mass is 257 g/mol. The van der Waals surface area contributed by atoms with Gasteiger partial charge in [0.15, 0.2) is 0 Å². The van der Waals surface area contributed by atoms with Crippen molar-refractivity contribution in [1.29, 1.82) is 0 Å². The molecule has 0 aliphatic rings. The maximum atomic E-state index is 5.81. The van der Waals surface area contributed by atoms with Crippen LogP contribution in [0.3, 0.4) is 0 Å². The lowest BCUT2D eigenvalue weighted by molar-refractivity contribution is 0.305. The van der Waals surface area contributed by atoms with Gasteiger partial charge in [-0.1, -0.05) is 13.8 Å². The number of nitrogens with one attached hydrogen (secondary N) is 1. The van der Waals surface area contributed by atoms with Gasteiger partial charge in [-0.2, -0.15) is 4.98 Å². The number of aromatic nitrogens is 2. The average molecular weight is 258 g/mol. The predicted molar refractivity (Wildman–Crippen MR) is 70.8 cm³/mol. The summed E-state index contributed by atoms with van der Waals surface area (Å²) >= 11 is 5.81. The molecule has 0 radical (unpaired) electrons. The van der Waals surface area contributed by atoms with Gasteiger partial charge in [0.05, 0.1) is 6.61 Å². The van der Waals surface area contributed by atoms with Crippen LogP contribution in [0.2, 0.25) is 0 Å². The third-order valence-electron chi connectivity index (χ3n) is 2.54. The molecular weight excluding hydrogens is 238 g/mol. The number of halogens is 1. The van der Waals surface area contributed by atoms with E-state index in [1.807, 2.05) is 0 Å². The van der Waals surface area contributed by atoms with E-state index >= 15 is 0 Å². The highest BCUT2D eigenvalue weighted by molar-refractivity contribution is 6.18. The van der Waals surface area contributed by atoms with Crippen molar-refractivity contribution in [1.82, 2.24) is 9.97 Å². The zero-order chi connectivity index (χ0) is 12.7. The van der Waals surface area contributed by atoms with E-state index in [0.29, 0.717) is 30.2 Å². The Labute approximate surface area is 108 Å². The third kappa shape index (κ3) is 4.77. The van der Waals surface area contributed by atoms with Gasteiger partial charge in [0.2, 0.25) is 11.8 Å². The smallest absolute Gasteiger partial charge is 0.226 e. The molecule has 96 valence electrons. The molecule has 1 heterocycles. The van der Waals surface area contributed by atoms with Crippen LogP contribution in [-0.4, -0.2) is 28.5 Å². The largest absolute Gasteiger partial charge is 0.478 e. The molecule has 17 heavy (non-hydrogen) atoms. The van der Waals surface area contributed by atoms with Gasteiger partial charge in [0.25, 0.3) is 0 Å². The average Bonchev–Trinajstić information content (AvgIpc) is 2.35. The molecule has 0 amide bonds. The first kappa shape index (κ1) is 14.0. The topological polar surface area (TPSA) is 47.0 Å². The zero-order valence-electron chi connectivity index (χ0n) is 10.6. The van der Waals surface area contributed by atoms with Crippen LogP contribution in [0.5, 0.6) is 5.88 Å². The first-order chi connectivity index (χ1) is 8.17. The lowest BCUT2D eigenvalue weighted by Crippen LogP contribution is -2.25. The molecule has 1 aromatic heterocycles. The molecule has 0 spiro atoms. The van der Waals surface area contributed by atoms with E-state index in [1.165, 1.54) is 0 Å². The first-order valence-corrected chi connectivity index (χ1v) is 6.49. The number of ether oxygens (including phenoxy) is 1. The fraction of sp³-hybridized carbons (Fsp3) is 0.667. The summed E-state index contributed by atoms with van der Waals surface area (Å²) in [7, 11) is 0. The highest BCUT2D eigenvalue weighted by Gasteiger charge is 2.12. The molecule has 4 nitrogen and oxygen atoms in total. The van der Waals surface area contributed by atoms with Crippen LogP contribution in [-0.2, 0) is 0 Å². The second kappa shape index (κ2) is 7.33. The molecule has 0 saturated carbocycles. The van der Waals surface area contributed by atoms with Crippen molar-refractivity contribution in [2.45, 2.75) is 33.2 Å². The number of anilines is 1. The first-order valence-electron chi connectivity index (χ1n) is 5.95. The van der Waals surface area contributed by atoms with Crippen molar-refractivity contribution in [2.75, 3.05) is 17.8 Å². The molecule has 1 rings (SSSR count). The molecule has 5 heteroatoms. The highest BCUT2D eigenvalue weighted by atomic mass is 35.5. The molecule has 0 fully saturated rings. The van der Waals surface area contributed by atoms with Crippen LogP contribution < -0.4 is 10.1 Å². The van der Waals surface area contributed by atoms with Crippen molar-refractivity contribution in [3.05, 3.63) is 12.3 Å². The Morgan fingerprint density at radius 3 is 2.88 bits per heavy atom. The maximum absolute atomic E-state index is 5.81. The van der Waals surface area contributed by atoms with E-state index < -0.39 is 0 Å². The number of hydrogen-bond donors (Lipinski definition) is 1. The molecule has 2 atom stereocenters. The Morgan fingerprint density at radius 1 is 1.47 bits per heavy atom. The summed E-state index contributed by atoms with van der Waals surface area (Å²) in [6.07, 6.45) is 2.66. The Hall–Kier alpha value is -1.03. The molecule has 0 bridgehead atoms. The Balaban J connectivity index is 2.58. The van der Waals surface area contributed by atoms with Crippen LogP contribution in [0.25, 0.3) is 0 Å². The molecule has 2 unspecified atom stereocenters. The summed E-state index contributed by atoms with van der Waals surface area (Å²) < 4.78 is 5.45. The lowest BCUT2D eigenvalue weighted by atomic mass is 10.1. The van der Waals surface area contributed by atoms with Gasteiger partial charge in [-0.3, -0.25) is 0 Å². The minimum atomic E-state index is 0.230. The summed E-state index contributed by atoms with van der Waals surface area (Å²) in [5, 5.41) is 3.22. The van der Waals surface area contributed by atoms with E-state index in [4.69, 9.17) is 16.3 Å². The minimum Gasteiger partial charge on any atom is -0.478 e. The molecule has 0 aliphatic heterocycles. The SMILES string of the molecule is CCCOc1ccnc(NC(C)C(C)CCl)n1. The van der Waals surface area contributed by atoms with Gasteiger partial charge in [-0.15, -0.1) is 11.6 Å². The predicted octanol–water partition coefficient (Wildman–Crippen LogP) is 2.94. The standard InChI is InChI=1S/C12H20ClN3O/c1-4-7-17-11-5-6-14-12(16-11)15-10(3)9(2)8-13/h5-6,9-10H,4,7-8H2,1-3H3,(H,14,15,16). The Bertz CT molecular complexity index is 335. The minimum absolute atomic E-state index is 0.230. The van der Waals surface area contributed by atoms with Gasteiger partial charge in [0, 0.05) is 24.2 Å². The fourth-order valence-electron chi connectivity index (χ4n) is 1.18. The van der Waals surface area contributed by atoms with Crippen LogP contribution in [0, 0.1) is 5.92 Å². The summed E-state index contributed by atoms with van der Waals surface area (Å²) in [5.74, 6) is 2.17. The van der Waals surface area contributed by atoms with Crippen molar-refractivity contribution in [3.63, 3.8) is 0 Å². The molecule has 1 aromatic rings. The van der Waals surface area contributed by atoms with Crippen molar-refractivity contribution >= 4 is 17.5 Å². The molecule has 1 N–H and O–H groups in total. The fourth-order valence-corrected chi connectivity index (χ4v) is 1.45. The second-order valence-corrected chi connectivity index (χ2v) is 4.44. The number of alkyl halides is 1. The summed E-state index contributed by atoms with van der Waals surface area (Å²) in [6.45, 7) is 6.88. The third-order valence-corrected chi connectivity index (χ3v) is 3.02. The maximum Gasteiger partial charge on any atom is 0.226 e. The van der Waals surface area contributed by atoms with Gasteiger partial charge in [-0.25, -0.2) is 4.98 Å². The molecule has 0 aromatic carbocycles. The van der Waals surface area contributed by atoms with E-state index in [0.717, 1.165) is 6.42 Å². The Kier molecular flexibility index (Phi) is 6.05. The van der Waals surface area contributed by atoms with Crippen LogP contribution in [0.1, 0.15) is 27.2 Å². The van der Waals surface area contributed by atoms with Gasteiger partial charge in [0.1, 0.15) is 0 Å². The zero-order valence-corrected chi connectivity index (χ0v) is 11.4. The summed E-state index contributed by atoms with van der Waals surface area (Å²) in [6, 6.07) is 1.99. The molecular formula is C12H20ClN3O. The number of rotatable bonds is 7. The van der Waals surface area contributed by atoms with Gasteiger partial charge in [-0.05, 0) is 19.3 Å². The van der Waals surface area contributed by atoms with Gasteiger partial charge < -0.3 is 10.1 Å². The second-order valence-electron chi connectivity index (χ2n) is 4.13. The number of hydrogen-bond acceptors (Lipinski definition) is 4. The van der Waals surface area contributed by atoms with E-state index in [9.17, 15) is 0 Å². The number of nitrogens with zero attached hydrogens (tertiary/aromatic N) is 2. The van der Waals surface area contributed by atoms with Crippen LogP contribution in [0.4, 0.5) is 5.95 Å². The van der Waals surface area contributed by atoms with Crippen LogP contribution in [0.15, 0.2) is 12.3 Å². The highest BCUT2D eigenvalue weighted by Crippen LogP contribution is 2.13. The molecule has 0 aliphatic carbocycles. The van der Waals surface area contributed by atoms with E-state index in [1.54, 1.807) is 12.3 Å². The van der Waals surface area contributed by atoms with Crippen molar-refractivity contribution in [2.24, 2.45) is 5.92 Å². The van der Waals surface area contributed by atoms with Crippen molar-refractivity contribution in [3.8, 4) is 5.88 Å². The molecule has 0 saturated heterocycles. The van der Waals surface area contributed by atoms with Gasteiger partial charge >= 0.3 is 0 Å². The quantitative estimate of drug-likeness (QED) is 0.763. The van der Waals surface area contributed by atoms with E-state index in [2.05, 4.69) is 36.1 Å². The summed E-state index contributed by atoms with van der Waals surface area (Å²) in [4.78, 5) is 8.44. The van der Waals surface area contributed by atoms with Crippen molar-refractivity contribution < 1.29 is 4.74 Å². The normalized spacial score (nSPS) is 14.1. The lowest BCUT2D eigenvalue weighted by Gasteiger charge is -2.19.